The fourth-order valence-corrected chi connectivity index (χ4v) is 13.3. The predicted octanol–water partition coefficient (Wildman–Crippen LogP) is -5.75. The van der Waals surface area contributed by atoms with Crippen LogP contribution < -0.4 is 85.5 Å². The van der Waals surface area contributed by atoms with E-state index in [1.54, 1.807) is 45.9 Å². The number of aliphatic carboxylic acids is 3. The number of carbonyl (C=O) groups excluding carboxylic acids is 16. The molecular weight excluding hydrogens is 1710 g/mol. The molecule has 0 radical (unpaired) electrons. The van der Waals surface area contributed by atoms with E-state index >= 15 is 0 Å². The van der Waals surface area contributed by atoms with Crippen LogP contribution in [0.15, 0.2) is 78.9 Å². The predicted molar refractivity (Wildman–Crippen MR) is 461 cm³/mol. The molecule has 0 spiro atoms. The number of aliphatic hydroxyl groups is 4. The SMILES string of the molecule is CC[C@H](C)[C@H](NC(=O)[C@H](CO)NC(=O)[C@H](Cc1ccc(O)cc1)NC(=O)[C@H](CC(=O)O)NC(=O)[C@H](CO)NC(=O)[C@@H](NC(=O)[C@H](Cc1ccccc1)NC(=O)[C@@H](NC(=O)CNC(=O)[C@H](CCC(=O)O)NC(=O)CCNC(=O)CN1CCCCCC1=O)[C@@H](C)O)[C@@H](C)O)C(=O)N[C@@H](Cc1ccc(O)cc1)C(=O)N[C@@H](CC(C)C)C(=O)N[C@@H](CC(=O)O)C(=O)N[C@H](C)CCCCN. The summed E-state index contributed by atoms with van der Waals surface area (Å²) in [7, 11) is 0. The Kier molecular flexibility index (Phi) is 47.4. The van der Waals surface area contributed by atoms with Gasteiger partial charge in [-0.25, -0.2) is 0 Å². The number of rotatable bonds is 57. The molecule has 16 amide bonds. The number of amides is 16. The Bertz CT molecular complexity index is 4330. The fourth-order valence-electron chi connectivity index (χ4n) is 13.3. The van der Waals surface area contributed by atoms with E-state index in [0.29, 0.717) is 56.3 Å². The molecule has 16 atom stereocenters. The minimum absolute atomic E-state index is 0.0785. The van der Waals surface area contributed by atoms with E-state index in [1.165, 1.54) is 72.5 Å². The lowest BCUT2D eigenvalue weighted by atomic mass is 9.96. The summed E-state index contributed by atoms with van der Waals surface area (Å²) in [5, 5.41) is 128. The summed E-state index contributed by atoms with van der Waals surface area (Å²) < 4.78 is 0. The van der Waals surface area contributed by atoms with E-state index in [4.69, 9.17) is 5.73 Å². The molecule has 3 aromatic rings. The largest absolute Gasteiger partial charge is 0.508 e. The topological polar surface area (TPSA) is 716 Å². The maximum Gasteiger partial charge on any atom is 0.305 e. The van der Waals surface area contributed by atoms with E-state index < -0.39 is 268 Å². The first-order chi connectivity index (χ1) is 61.4. The number of aromatic hydroxyl groups is 2. The lowest BCUT2D eigenvalue weighted by Gasteiger charge is -2.30. The summed E-state index contributed by atoms with van der Waals surface area (Å²) in [6.07, 6.45) is -4.25. The van der Waals surface area contributed by atoms with Gasteiger partial charge in [-0.3, -0.25) is 91.1 Å². The number of nitrogens with one attached hydrogen (secondary N) is 15. The summed E-state index contributed by atoms with van der Waals surface area (Å²) >= 11 is 0. The van der Waals surface area contributed by atoms with Crippen molar-refractivity contribution in [3.05, 3.63) is 95.6 Å². The molecule has 1 aliphatic heterocycles. The van der Waals surface area contributed by atoms with Crippen molar-refractivity contribution in [3.8, 4) is 11.5 Å². The van der Waals surface area contributed by atoms with E-state index in [-0.39, 0.29) is 67.7 Å². The van der Waals surface area contributed by atoms with Crippen LogP contribution in [0, 0.1) is 11.8 Å². The Morgan fingerprint density at radius 2 is 0.831 bits per heavy atom. The van der Waals surface area contributed by atoms with Crippen molar-refractivity contribution in [2.75, 3.05) is 45.9 Å². The van der Waals surface area contributed by atoms with E-state index in [1.807, 2.05) is 0 Å². The zero-order valence-corrected chi connectivity index (χ0v) is 73.6. The average molecular weight is 1830 g/mol. The Labute approximate surface area is 750 Å². The maximum absolute atomic E-state index is 14.7. The number of hydrogen-bond donors (Lipinski definition) is 25. The summed E-state index contributed by atoms with van der Waals surface area (Å²) in [5.74, 6) is -23.1. The van der Waals surface area contributed by atoms with Gasteiger partial charge in [0.05, 0.1) is 51.4 Å². The molecule has 1 saturated heterocycles. The first-order valence-corrected chi connectivity index (χ1v) is 42.7. The Morgan fingerprint density at radius 1 is 0.408 bits per heavy atom. The van der Waals surface area contributed by atoms with Gasteiger partial charge in [0.15, 0.2) is 0 Å². The highest BCUT2D eigenvalue weighted by molar-refractivity contribution is 6.01. The number of benzene rings is 3. The van der Waals surface area contributed by atoms with Gasteiger partial charge in [0.2, 0.25) is 94.5 Å². The number of unbranched alkanes of at least 4 members (excludes halogenated alkanes) is 1. The summed E-state index contributed by atoms with van der Waals surface area (Å²) in [5.41, 5.74) is 6.49. The van der Waals surface area contributed by atoms with Crippen LogP contribution >= 0.6 is 0 Å². The van der Waals surface area contributed by atoms with Crippen molar-refractivity contribution in [3.63, 3.8) is 0 Å². The van der Waals surface area contributed by atoms with Gasteiger partial charge in [-0.2, -0.15) is 0 Å². The third-order valence-electron chi connectivity index (χ3n) is 20.7. The van der Waals surface area contributed by atoms with Gasteiger partial charge < -0.3 is 136 Å². The van der Waals surface area contributed by atoms with Gasteiger partial charge in [0.25, 0.3) is 0 Å². The number of hydrogen-bond acceptors (Lipinski definition) is 26. The molecule has 45 nitrogen and oxygen atoms in total. The van der Waals surface area contributed by atoms with Crippen molar-refractivity contribution in [1.29, 1.82) is 0 Å². The van der Waals surface area contributed by atoms with Crippen LogP contribution in [-0.4, -0.2) is 300 Å². The summed E-state index contributed by atoms with van der Waals surface area (Å²) in [6.45, 7) is 7.10. The van der Waals surface area contributed by atoms with Crippen LogP contribution in [0.5, 0.6) is 11.5 Å². The van der Waals surface area contributed by atoms with Gasteiger partial charge in [0, 0.05) is 57.7 Å². The third-order valence-corrected chi connectivity index (χ3v) is 20.7. The molecule has 0 aromatic heterocycles. The minimum Gasteiger partial charge on any atom is -0.508 e. The number of nitrogens with two attached hydrogens (primary N) is 1. The molecule has 45 heteroatoms. The lowest BCUT2D eigenvalue weighted by molar-refractivity contribution is -0.142. The highest BCUT2D eigenvalue weighted by Crippen LogP contribution is 2.19. The average Bonchev–Trinajstić information content (AvgIpc) is 0.871. The van der Waals surface area contributed by atoms with Gasteiger partial charge in [-0.1, -0.05) is 102 Å². The van der Waals surface area contributed by atoms with Gasteiger partial charge in [-0.15, -0.1) is 0 Å². The van der Waals surface area contributed by atoms with Crippen LogP contribution in [0.1, 0.15) is 155 Å². The number of likely N-dealkylation sites (tertiary alicyclic amines) is 1. The van der Waals surface area contributed by atoms with Crippen LogP contribution in [0.25, 0.3) is 0 Å². The zero-order chi connectivity index (χ0) is 97.0. The van der Waals surface area contributed by atoms with Crippen LogP contribution in [0.4, 0.5) is 0 Å². The van der Waals surface area contributed by atoms with Crippen molar-refractivity contribution in [2.45, 2.75) is 248 Å². The standard InChI is InChI=1S/C85H125N17O28/c1-8-46(4)71(83(128)95-58(38-52-23-27-54(108)28-24-52)77(122)91-56(35-45(2)3)76(121)93-60(39-69(115)116)75(120)89-47(5)17-14-15-32-86)100-82(127)63(44-104)97-78(123)57(37-51-21-25-53(107)26-22-51)92-79(124)61(40-70(117)118)94-81(126)62(43-103)98-85(130)73(49(7)106)101-80(125)59(36-50-18-11-9-12-19-50)96-84(129)72(48(6)105)99-65(110)41-88-74(119)55(29-30-68(113)114)90-64(109)31-33-87-66(111)42-102-34-16-10-13-20-67(102)112/h9,11-12,18-19,21-28,45-49,55-63,71-73,103-108H,8,10,13-17,20,29-44,86H2,1-7H3,(H,87,111)(H,88,119)(H,89,120)(H,90,109)(H,91,122)(H,92,124)(H,93,121)(H,94,126)(H,95,128)(H,96,129)(H,97,123)(H,98,130)(H,99,110)(H,100,127)(H,101,125)(H,113,114)(H,115,116)(H,117,118)/t46-,47+,48+,49+,55-,56-,57-,58-,59-,60-,61-,62-,63-,71-,72-,73-/m0/s1. The Morgan fingerprint density at radius 3 is 1.32 bits per heavy atom. The lowest BCUT2D eigenvalue weighted by Crippen LogP contribution is -2.63. The number of aliphatic hydroxyl groups excluding tert-OH is 4. The molecule has 4 rings (SSSR count). The van der Waals surface area contributed by atoms with Crippen LogP contribution in [0.2, 0.25) is 0 Å². The molecule has 1 heterocycles. The Hall–Kier alpha value is -13.0. The van der Waals surface area contributed by atoms with Crippen molar-refractivity contribution in [1.82, 2.24) is 84.7 Å². The zero-order valence-electron chi connectivity index (χ0n) is 73.6. The van der Waals surface area contributed by atoms with Crippen molar-refractivity contribution in [2.24, 2.45) is 17.6 Å². The molecule has 3 aromatic carbocycles. The molecule has 1 fully saturated rings. The maximum atomic E-state index is 14.7. The quantitative estimate of drug-likeness (QED) is 0.0234. The van der Waals surface area contributed by atoms with Crippen molar-refractivity contribution >= 4 is 112 Å². The molecule has 0 bridgehead atoms. The number of phenolic OH excluding ortho intramolecular Hbond substituents is 2. The minimum atomic E-state index is -2.23. The molecule has 1 aliphatic rings. The fraction of sp³-hybridized carbons (Fsp3) is 0.565. The molecule has 0 unspecified atom stereocenters. The molecule has 130 heavy (non-hydrogen) atoms. The molecule has 718 valence electrons. The van der Waals surface area contributed by atoms with E-state index in [9.17, 15) is 137 Å². The molecule has 0 saturated carbocycles. The number of carboxylic acids is 3. The molecular formula is C85H125N17O28. The normalized spacial score (nSPS) is 15.6. The van der Waals surface area contributed by atoms with Crippen LogP contribution in [-0.2, 0) is 110 Å². The van der Waals surface area contributed by atoms with E-state index in [2.05, 4.69) is 79.8 Å². The number of phenols is 2. The molecule has 0 aliphatic carbocycles. The monoisotopic (exact) mass is 1830 g/mol. The highest BCUT2D eigenvalue weighted by atomic mass is 16.4. The van der Waals surface area contributed by atoms with Crippen molar-refractivity contribution < 1.29 is 137 Å². The third kappa shape index (κ3) is 39.7. The number of carbonyl (C=O) groups is 19. The molecule has 26 N–H and O–H groups in total. The second-order valence-corrected chi connectivity index (χ2v) is 32.2. The van der Waals surface area contributed by atoms with Gasteiger partial charge in [0.1, 0.15) is 84.0 Å². The smallest absolute Gasteiger partial charge is 0.305 e. The van der Waals surface area contributed by atoms with Crippen LogP contribution in [0.3, 0.4) is 0 Å². The Balaban J connectivity index is 1.54. The first kappa shape index (κ1) is 109. The summed E-state index contributed by atoms with van der Waals surface area (Å²) in [4.78, 5) is 259. The van der Waals surface area contributed by atoms with Gasteiger partial charge in [-0.05, 0) is 119 Å². The number of carboxylic acid groups (broad SMARTS) is 3. The second kappa shape index (κ2) is 56.3. The van der Waals surface area contributed by atoms with Gasteiger partial charge >= 0.3 is 17.9 Å². The first-order valence-electron chi connectivity index (χ1n) is 42.7. The second-order valence-electron chi connectivity index (χ2n) is 32.2. The summed E-state index contributed by atoms with van der Waals surface area (Å²) in [6, 6.07) is -4.26. The van der Waals surface area contributed by atoms with E-state index in [0.717, 1.165) is 20.3 Å². The highest BCUT2D eigenvalue weighted by Gasteiger charge is 2.40. The number of nitrogens with zero attached hydrogens (tertiary/aromatic N) is 1.